The molecule has 0 spiro atoms. The van der Waals surface area contributed by atoms with Gasteiger partial charge in [-0.3, -0.25) is 5.10 Å². The third-order valence-electron chi connectivity index (χ3n) is 2.98. The van der Waals surface area contributed by atoms with Crippen LogP contribution in [0.3, 0.4) is 0 Å². The molecule has 7 heteroatoms. The number of hydrogen-bond acceptors (Lipinski definition) is 4. The van der Waals surface area contributed by atoms with Gasteiger partial charge in [0.25, 0.3) is 0 Å². The van der Waals surface area contributed by atoms with Gasteiger partial charge in [-0.05, 0) is 26.7 Å². The standard InChI is InChI=1S/C10H14N4O2S/c1-7-10(8(2)13-12-7)17(15,16)14-5-3-4-9(14)6-11/h9H,3-5H2,1-2H3,(H,12,13). The Morgan fingerprint density at radius 1 is 1.53 bits per heavy atom. The summed E-state index contributed by atoms with van der Waals surface area (Å²) in [6.45, 7) is 3.72. The van der Waals surface area contributed by atoms with E-state index in [1.165, 1.54) is 4.31 Å². The number of nitrogens with one attached hydrogen (secondary N) is 1. The average molecular weight is 254 g/mol. The average Bonchev–Trinajstić information content (AvgIpc) is 2.85. The Labute approximate surface area is 100 Å². The van der Waals surface area contributed by atoms with Crippen molar-refractivity contribution in [3.05, 3.63) is 11.4 Å². The van der Waals surface area contributed by atoms with E-state index in [0.717, 1.165) is 6.42 Å². The van der Waals surface area contributed by atoms with Crippen molar-refractivity contribution in [1.82, 2.24) is 14.5 Å². The molecule has 1 aliphatic rings. The molecule has 92 valence electrons. The maximum atomic E-state index is 12.4. The van der Waals surface area contributed by atoms with Crippen molar-refractivity contribution in [1.29, 1.82) is 5.26 Å². The molecule has 1 aromatic rings. The van der Waals surface area contributed by atoms with Crippen LogP contribution in [0.15, 0.2) is 4.90 Å². The number of aromatic nitrogens is 2. The number of hydrogen-bond donors (Lipinski definition) is 1. The molecule has 0 aliphatic carbocycles. The van der Waals surface area contributed by atoms with Crippen molar-refractivity contribution in [2.24, 2.45) is 0 Å². The molecule has 0 aromatic carbocycles. The number of rotatable bonds is 2. The summed E-state index contributed by atoms with van der Waals surface area (Å²) in [5, 5.41) is 15.5. The Morgan fingerprint density at radius 3 is 2.76 bits per heavy atom. The van der Waals surface area contributed by atoms with Gasteiger partial charge in [-0.2, -0.15) is 14.7 Å². The van der Waals surface area contributed by atoms with E-state index in [1.807, 2.05) is 6.07 Å². The molecule has 2 heterocycles. The van der Waals surface area contributed by atoms with Gasteiger partial charge in [-0.15, -0.1) is 0 Å². The number of nitrogens with zero attached hydrogens (tertiary/aromatic N) is 3. The molecular weight excluding hydrogens is 240 g/mol. The summed E-state index contributed by atoms with van der Waals surface area (Å²) in [6, 6.07) is 1.49. The zero-order valence-corrected chi connectivity index (χ0v) is 10.6. The van der Waals surface area contributed by atoms with E-state index in [9.17, 15) is 8.42 Å². The smallest absolute Gasteiger partial charge is 0.247 e. The van der Waals surface area contributed by atoms with Crippen LogP contribution in [0.5, 0.6) is 0 Å². The van der Waals surface area contributed by atoms with Crippen LogP contribution >= 0.6 is 0 Å². The van der Waals surface area contributed by atoms with E-state index in [0.29, 0.717) is 24.4 Å². The molecule has 17 heavy (non-hydrogen) atoms. The second-order valence-electron chi connectivity index (χ2n) is 4.17. The van der Waals surface area contributed by atoms with E-state index in [2.05, 4.69) is 10.2 Å². The number of H-pyrrole nitrogens is 1. The van der Waals surface area contributed by atoms with Crippen molar-refractivity contribution in [2.45, 2.75) is 37.6 Å². The first kappa shape index (κ1) is 12.1. The van der Waals surface area contributed by atoms with Crippen LogP contribution < -0.4 is 0 Å². The second-order valence-corrected chi connectivity index (χ2v) is 5.99. The van der Waals surface area contributed by atoms with Crippen LogP contribution in [0.2, 0.25) is 0 Å². The maximum absolute atomic E-state index is 12.4. The van der Waals surface area contributed by atoms with Gasteiger partial charge in [-0.1, -0.05) is 0 Å². The largest absolute Gasteiger partial charge is 0.281 e. The predicted molar refractivity (Wildman–Crippen MR) is 60.6 cm³/mol. The molecule has 0 amide bonds. The lowest BCUT2D eigenvalue weighted by Crippen LogP contribution is -2.35. The van der Waals surface area contributed by atoms with Gasteiger partial charge in [-0.25, -0.2) is 8.42 Å². The zero-order chi connectivity index (χ0) is 12.6. The second kappa shape index (κ2) is 4.13. The van der Waals surface area contributed by atoms with Crippen LogP contribution in [0.25, 0.3) is 0 Å². The molecule has 1 unspecified atom stereocenters. The fraction of sp³-hybridized carbons (Fsp3) is 0.600. The number of aromatic amines is 1. The summed E-state index contributed by atoms with van der Waals surface area (Å²) in [7, 11) is -3.60. The van der Waals surface area contributed by atoms with Gasteiger partial charge in [0, 0.05) is 6.54 Å². The SMILES string of the molecule is Cc1n[nH]c(C)c1S(=O)(=O)N1CCCC1C#N. The first-order valence-electron chi connectivity index (χ1n) is 5.41. The quantitative estimate of drug-likeness (QED) is 0.841. The molecule has 1 aliphatic heterocycles. The molecule has 1 fully saturated rings. The van der Waals surface area contributed by atoms with Gasteiger partial charge >= 0.3 is 0 Å². The van der Waals surface area contributed by atoms with E-state index >= 15 is 0 Å². The Balaban J connectivity index is 2.48. The van der Waals surface area contributed by atoms with Crippen molar-refractivity contribution < 1.29 is 8.42 Å². The van der Waals surface area contributed by atoms with E-state index < -0.39 is 16.1 Å². The normalized spacial score (nSPS) is 21.6. The molecule has 0 radical (unpaired) electrons. The molecule has 0 bridgehead atoms. The van der Waals surface area contributed by atoms with E-state index in [-0.39, 0.29) is 4.90 Å². The van der Waals surface area contributed by atoms with Crippen LogP contribution in [-0.4, -0.2) is 35.5 Å². The summed E-state index contributed by atoms with van der Waals surface area (Å²) in [5.74, 6) is 0. The summed E-state index contributed by atoms with van der Waals surface area (Å²) < 4.78 is 26.1. The molecule has 2 rings (SSSR count). The molecule has 1 aromatic heterocycles. The monoisotopic (exact) mass is 254 g/mol. The van der Waals surface area contributed by atoms with Gasteiger partial charge < -0.3 is 0 Å². The third kappa shape index (κ3) is 1.83. The molecule has 1 saturated heterocycles. The van der Waals surface area contributed by atoms with Gasteiger partial charge in [0.2, 0.25) is 10.0 Å². The number of nitriles is 1. The molecule has 0 saturated carbocycles. The lowest BCUT2D eigenvalue weighted by molar-refractivity contribution is 0.437. The molecule has 1 N–H and O–H groups in total. The first-order valence-corrected chi connectivity index (χ1v) is 6.85. The molecule has 1 atom stereocenters. The Bertz CT molecular complexity index is 550. The Kier molecular flexibility index (Phi) is 2.93. The lowest BCUT2D eigenvalue weighted by Gasteiger charge is -2.19. The summed E-state index contributed by atoms with van der Waals surface area (Å²) in [4.78, 5) is 0.208. The fourth-order valence-electron chi connectivity index (χ4n) is 2.19. The number of sulfonamides is 1. The summed E-state index contributed by atoms with van der Waals surface area (Å²) in [6.07, 6.45) is 1.33. The Morgan fingerprint density at radius 2 is 2.24 bits per heavy atom. The van der Waals surface area contributed by atoms with Crippen LogP contribution in [0.1, 0.15) is 24.2 Å². The van der Waals surface area contributed by atoms with Crippen molar-refractivity contribution >= 4 is 10.0 Å². The van der Waals surface area contributed by atoms with Gasteiger partial charge in [0.1, 0.15) is 10.9 Å². The van der Waals surface area contributed by atoms with Crippen molar-refractivity contribution in [2.75, 3.05) is 6.54 Å². The number of aryl methyl sites for hydroxylation is 2. The van der Waals surface area contributed by atoms with Crippen LogP contribution in [0.4, 0.5) is 0 Å². The first-order chi connectivity index (χ1) is 7.98. The minimum absolute atomic E-state index is 0.208. The maximum Gasteiger partial charge on any atom is 0.247 e. The molecular formula is C10H14N4O2S. The van der Waals surface area contributed by atoms with Crippen molar-refractivity contribution in [3.8, 4) is 6.07 Å². The highest BCUT2D eigenvalue weighted by atomic mass is 32.2. The van der Waals surface area contributed by atoms with Crippen LogP contribution in [0, 0.1) is 25.2 Å². The Hall–Kier alpha value is -1.39. The van der Waals surface area contributed by atoms with Gasteiger partial charge in [0.05, 0.1) is 17.5 Å². The van der Waals surface area contributed by atoms with Crippen LogP contribution in [-0.2, 0) is 10.0 Å². The molecule has 6 nitrogen and oxygen atoms in total. The summed E-state index contributed by atoms with van der Waals surface area (Å²) in [5.41, 5.74) is 0.970. The minimum Gasteiger partial charge on any atom is -0.281 e. The zero-order valence-electron chi connectivity index (χ0n) is 9.77. The lowest BCUT2D eigenvalue weighted by atomic mass is 10.2. The highest BCUT2D eigenvalue weighted by molar-refractivity contribution is 7.89. The topological polar surface area (TPSA) is 89.8 Å². The van der Waals surface area contributed by atoms with Crippen molar-refractivity contribution in [3.63, 3.8) is 0 Å². The van der Waals surface area contributed by atoms with E-state index in [4.69, 9.17) is 5.26 Å². The highest BCUT2D eigenvalue weighted by Crippen LogP contribution is 2.28. The minimum atomic E-state index is -3.60. The fourth-order valence-corrected chi connectivity index (χ4v) is 4.14. The third-order valence-corrected chi connectivity index (χ3v) is 5.15. The summed E-state index contributed by atoms with van der Waals surface area (Å²) >= 11 is 0. The van der Waals surface area contributed by atoms with E-state index in [1.54, 1.807) is 13.8 Å². The highest BCUT2D eigenvalue weighted by Gasteiger charge is 2.37. The predicted octanol–water partition coefficient (Wildman–Crippen LogP) is 0.703. The van der Waals surface area contributed by atoms with Gasteiger partial charge in [0.15, 0.2) is 0 Å².